The van der Waals surface area contributed by atoms with Crippen LogP contribution in [0, 0.1) is 0 Å². The molecule has 0 radical (unpaired) electrons. The first-order valence-corrected chi connectivity index (χ1v) is 15.6. The van der Waals surface area contributed by atoms with Gasteiger partial charge >= 0.3 is 0 Å². The predicted molar refractivity (Wildman–Crippen MR) is 194 cm³/mol. The Morgan fingerprint density at radius 1 is 0.250 bits per heavy atom. The van der Waals surface area contributed by atoms with Crippen LogP contribution in [0.1, 0.15) is 13.8 Å². The van der Waals surface area contributed by atoms with Crippen LogP contribution in [0.15, 0.2) is 158 Å². The molecule has 0 spiro atoms. The average molecular weight is 561 g/mol. The number of rotatable bonds is 2. The lowest BCUT2D eigenvalue weighted by molar-refractivity contribution is 1.50. The summed E-state index contributed by atoms with van der Waals surface area (Å²) in [6, 6.07) is 58.2. The van der Waals surface area contributed by atoms with Gasteiger partial charge in [-0.15, -0.1) is 0 Å². The molecule has 9 aromatic carbocycles. The van der Waals surface area contributed by atoms with Crippen LogP contribution in [0.5, 0.6) is 0 Å². The van der Waals surface area contributed by atoms with E-state index in [2.05, 4.69) is 158 Å². The van der Waals surface area contributed by atoms with Crippen molar-refractivity contribution in [3.63, 3.8) is 0 Å². The zero-order valence-electron chi connectivity index (χ0n) is 25.0. The molecule has 0 heterocycles. The highest BCUT2D eigenvalue weighted by atomic mass is 14.2. The third-order valence-corrected chi connectivity index (χ3v) is 9.00. The minimum atomic E-state index is 1.25. The molecule has 0 N–H and O–H groups in total. The fourth-order valence-corrected chi connectivity index (χ4v) is 7.07. The molecular weight excluding hydrogens is 528 g/mol. The van der Waals surface area contributed by atoms with Crippen molar-refractivity contribution in [3.8, 4) is 22.3 Å². The van der Waals surface area contributed by atoms with Gasteiger partial charge in [-0.3, -0.25) is 0 Å². The average Bonchev–Trinajstić information content (AvgIpc) is 3.11. The molecule has 0 nitrogen and oxygen atoms in total. The van der Waals surface area contributed by atoms with Crippen LogP contribution < -0.4 is 0 Å². The van der Waals surface area contributed by atoms with Crippen molar-refractivity contribution in [1.29, 1.82) is 0 Å². The smallest absolute Gasteiger partial charge is 0.00261 e. The van der Waals surface area contributed by atoms with Crippen molar-refractivity contribution in [1.82, 2.24) is 0 Å². The third-order valence-electron chi connectivity index (χ3n) is 9.00. The zero-order valence-corrected chi connectivity index (χ0v) is 25.0. The highest BCUT2D eigenvalue weighted by Gasteiger charge is 2.17. The van der Waals surface area contributed by atoms with E-state index in [1.165, 1.54) is 86.9 Å². The van der Waals surface area contributed by atoms with Gasteiger partial charge in [-0.25, -0.2) is 0 Å². The molecular formula is C44H32. The topological polar surface area (TPSA) is 0 Å². The summed E-state index contributed by atoms with van der Waals surface area (Å²) in [6.07, 6.45) is 0. The normalized spacial score (nSPS) is 11.4. The Labute approximate surface area is 257 Å². The molecule has 0 unspecified atom stereocenters. The van der Waals surface area contributed by atoms with E-state index >= 15 is 0 Å². The van der Waals surface area contributed by atoms with E-state index in [4.69, 9.17) is 0 Å². The van der Waals surface area contributed by atoms with E-state index in [9.17, 15) is 0 Å². The van der Waals surface area contributed by atoms with Crippen LogP contribution in [0.25, 0.3) is 86.9 Å². The largest absolute Gasteiger partial charge is 0.0683 e. The third kappa shape index (κ3) is 4.07. The van der Waals surface area contributed by atoms with Crippen LogP contribution in [-0.4, -0.2) is 0 Å². The molecule has 0 amide bonds. The van der Waals surface area contributed by atoms with Gasteiger partial charge in [-0.1, -0.05) is 159 Å². The first-order chi connectivity index (χ1) is 21.8. The van der Waals surface area contributed by atoms with Crippen molar-refractivity contribution in [2.24, 2.45) is 0 Å². The van der Waals surface area contributed by atoms with Crippen LogP contribution in [0.4, 0.5) is 0 Å². The highest BCUT2D eigenvalue weighted by molar-refractivity contribution is 6.23. The molecule has 0 heteroatoms. The molecule has 0 aliphatic heterocycles. The second-order valence-corrected chi connectivity index (χ2v) is 11.3. The molecule has 0 saturated heterocycles. The Balaban J connectivity index is 0.00000142. The second kappa shape index (κ2) is 10.7. The summed E-state index contributed by atoms with van der Waals surface area (Å²) in [6.45, 7) is 4.00. The fraction of sp³-hybridized carbons (Fsp3) is 0.0455. The Bertz CT molecular complexity index is 2280. The van der Waals surface area contributed by atoms with E-state index in [0.717, 1.165) is 0 Å². The summed E-state index contributed by atoms with van der Waals surface area (Å²) < 4.78 is 0. The highest BCUT2D eigenvalue weighted by Crippen LogP contribution is 2.45. The monoisotopic (exact) mass is 560 g/mol. The van der Waals surface area contributed by atoms with Crippen molar-refractivity contribution < 1.29 is 0 Å². The molecule has 0 bridgehead atoms. The maximum absolute atomic E-state index is 2.40. The van der Waals surface area contributed by atoms with Crippen molar-refractivity contribution in [3.05, 3.63) is 158 Å². The molecule has 9 rings (SSSR count). The van der Waals surface area contributed by atoms with E-state index in [0.29, 0.717) is 0 Å². The van der Waals surface area contributed by atoms with E-state index in [1.807, 2.05) is 13.8 Å². The number of hydrogen-bond acceptors (Lipinski definition) is 0. The molecule has 9 aromatic rings. The maximum Gasteiger partial charge on any atom is -0.00261 e. The summed E-state index contributed by atoms with van der Waals surface area (Å²) in [5.74, 6) is 0. The molecule has 0 aliphatic rings. The zero-order chi connectivity index (χ0) is 29.6. The maximum atomic E-state index is 2.40. The van der Waals surface area contributed by atoms with Gasteiger partial charge in [0.05, 0.1) is 0 Å². The summed E-state index contributed by atoms with van der Waals surface area (Å²) in [5.41, 5.74) is 5.10. The summed E-state index contributed by atoms with van der Waals surface area (Å²) in [7, 11) is 0. The van der Waals surface area contributed by atoms with E-state index < -0.39 is 0 Å². The lowest BCUT2D eigenvalue weighted by Gasteiger charge is -2.18. The van der Waals surface area contributed by atoms with Crippen LogP contribution in [0.2, 0.25) is 0 Å². The molecule has 0 aliphatic carbocycles. The molecule has 0 fully saturated rings. The van der Waals surface area contributed by atoms with E-state index in [1.54, 1.807) is 0 Å². The number of fused-ring (bicyclic) bond motifs is 8. The van der Waals surface area contributed by atoms with Gasteiger partial charge in [-0.2, -0.15) is 0 Å². The SMILES string of the molecule is CC.c1ccc2c(c1)ccc1ccc(-c3c4ccccc4c(-c4ccc5ccc6ccccc6c5c4)c4ccccc34)cc12. The van der Waals surface area contributed by atoms with Gasteiger partial charge in [0.2, 0.25) is 0 Å². The van der Waals surface area contributed by atoms with Gasteiger partial charge in [0, 0.05) is 0 Å². The van der Waals surface area contributed by atoms with Gasteiger partial charge in [0.1, 0.15) is 0 Å². The Morgan fingerprint density at radius 2 is 0.523 bits per heavy atom. The minimum Gasteiger partial charge on any atom is -0.0683 e. The Morgan fingerprint density at radius 3 is 0.886 bits per heavy atom. The number of hydrogen-bond donors (Lipinski definition) is 0. The van der Waals surface area contributed by atoms with Crippen molar-refractivity contribution in [2.75, 3.05) is 0 Å². The first kappa shape index (κ1) is 26.2. The minimum absolute atomic E-state index is 1.25. The van der Waals surface area contributed by atoms with Gasteiger partial charge < -0.3 is 0 Å². The quantitative estimate of drug-likeness (QED) is 0.146. The molecule has 0 saturated carbocycles. The Kier molecular flexibility index (Phi) is 6.35. The second-order valence-electron chi connectivity index (χ2n) is 11.3. The van der Waals surface area contributed by atoms with Crippen LogP contribution >= 0.6 is 0 Å². The van der Waals surface area contributed by atoms with Crippen molar-refractivity contribution >= 4 is 64.6 Å². The molecule has 0 aromatic heterocycles. The van der Waals surface area contributed by atoms with Gasteiger partial charge in [0.25, 0.3) is 0 Å². The first-order valence-electron chi connectivity index (χ1n) is 15.6. The van der Waals surface area contributed by atoms with Gasteiger partial charge in [-0.05, 0) is 99.0 Å². The standard InChI is InChI=1S/C42H26.C2H6/c1-3-11-33-27(9-1)17-19-29-21-23-31(25-39(29)33)41-35-13-5-7-15-37(35)42(38-16-8-6-14-36(38)41)32-24-22-30-20-18-28-10-2-4-12-34(28)40(30)26-32;1-2/h1-26H;1-2H3. The molecule has 0 atom stereocenters. The molecule has 208 valence electrons. The fourth-order valence-electron chi connectivity index (χ4n) is 7.07. The lowest BCUT2D eigenvalue weighted by Crippen LogP contribution is -1.91. The van der Waals surface area contributed by atoms with Crippen molar-refractivity contribution in [2.45, 2.75) is 13.8 Å². The van der Waals surface area contributed by atoms with Crippen LogP contribution in [0.3, 0.4) is 0 Å². The lowest BCUT2D eigenvalue weighted by atomic mass is 9.85. The number of benzene rings is 9. The summed E-state index contributed by atoms with van der Waals surface area (Å²) in [4.78, 5) is 0. The Hall–Kier alpha value is -5.46. The predicted octanol–water partition coefficient (Wildman–Crippen LogP) is 13.0. The van der Waals surface area contributed by atoms with E-state index in [-0.39, 0.29) is 0 Å². The summed E-state index contributed by atoms with van der Waals surface area (Å²) in [5, 5.41) is 15.4. The summed E-state index contributed by atoms with van der Waals surface area (Å²) >= 11 is 0. The van der Waals surface area contributed by atoms with Gasteiger partial charge in [0.15, 0.2) is 0 Å². The van der Waals surface area contributed by atoms with Crippen LogP contribution in [-0.2, 0) is 0 Å². The molecule has 44 heavy (non-hydrogen) atoms.